The van der Waals surface area contributed by atoms with Crippen molar-refractivity contribution in [2.75, 3.05) is 19.6 Å². The minimum Gasteiger partial charge on any atom is -0.443 e. The van der Waals surface area contributed by atoms with Crippen LogP contribution >= 0.6 is 0 Å². The summed E-state index contributed by atoms with van der Waals surface area (Å²) in [6.07, 6.45) is 1.73. The lowest BCUT2D eigenvalue weighted by molar-refractivity contribution is 0.0657. The summed E-state index contributed by atoms with van der Waals surface area (Å²) in [7, 11) is 0. The molecule has 0 radical (unpaired) electrons. The molecule has 8 nitrogen and oxygen atoms in total. The smallest absolute Gasteiger partial charge is 0.261 e. The Kier molecular flexibility index (Phi) is 6.00. The van der Waals surface area contributed by atoms with Gasteiger partial charge in [-0.1, -0.05) is 32.9 Å². The molecular formula is C21H27N5O3. The van der Waals surface area contributed by atoms with Crippen LogP contribution in [0, 0.1) is 0 Å². The fourth-order valence-electron chi connectivity index (χ4n) is 2.95. The number of aromatic nitrogens is 1. The molecule has 3 rings (SSSR count). The van der Waals surface area contributed by atoms with E-state index < -0.39 is 0 Å². The third-order valence-corrected chi connectivity index (χ3v) is 4.52. The molecule has 0 aliphatic carbocycles. The number of imide groups is 1. The summed E-state index contributed by atoms with van der Waals surface area (Å²) in [5.74, 6) is 1.39. The van der Waals surface area contributed by atoms with Crippen LogP contribution in [0.4, 0.5) is 0 Å². The van der Waals surface area contributed by atoms with Gasteiger partial charge in [0.05, 0.1) is 17.3 Å². The maximum Gasteiger partial charge on any atom is 0.261 e. The molecule has 0 spiro atoms. The number of carbonyl (C=O) groups is 2. The van der Waals surface area contributed by atoms with Crippen molar-refractivity contribution in [1.82, 2.24) is 20.5 Å². The van der Waals surface area contributed by atoms with Crippen molar-refractivity contribution in [3.8, 4) is 0 Å². The van der Waals surface area contributed by atoms with Crippen LogP contribution in [0.15, 0.2) is 39.9 Å². The lowest BCUT2D eigenvalue weighted by Gasteiger charge is -2.16. The second-order valence-corrected chi connectivity index (χ2v) is 7.80. The molecule has 1 aliphatic heterocycles. The number of carbonyl (C=O) groups excluding carboxylic acids is 2. The van der Waals surface area contributed by atoms with Gasteiger partial charge >= 0.3 is 0 Å². The van der Waals surface area contributed by atoms with Crippen molar-refractivity contribution in [1.29, 1.82) is 0 Å². The summed E-state index contributed by atoms with van der Waals surface area (Å²) in [5, 5.41) is 6.28. The highest BCUT2D eigenvalue weighted by Gasteiger charge is 2.34. The Morgan fingerprint density at radius 2 is 1.79 bits per heavy atom. The van der Waals surface area contributed by atoms with Crippen molar-refractivity contribution in [2.24, 2.45) is 4.99 Å². The molecule has 2 amide bonds. The third kappa shape index (κ3) is 4.64. The first-order valence-corrected chi connectivity index (χ1v) is 9.74. The number of fused-ring (bicyclic) bond motifs is 1. The number of nitrogens with one attached hydrogen (secondary N) is 2. The van der Waals surface area contributed by atoms with Crippen molar-refractivity contribution >= 4 is 17.8 Å². The number of hydrogen-bond donors (Lipinski definition) is 2. The highest BCUT2D eigenvalue weighted by Crippen LogP contribution is 2.23. The average Bonchev–Trinajstić information content (AvgIpc) is 3.26. The normalized spacial score (nSPS) is 14.3. The monoisotopic (exact) mass is 397 g/mol. The third-order valence-electron chi connectivity index (χ3n) is 4.52. The predicted octanol–water partition coefficient (Wildman–Crippen LogP) is 2.32. The van der Waals surface area contributed by atoms with Gasteiger partial charge in [0.2, 0.25) is 5.89 Å². The van der Waals surface area contributed by atoms with Crippen molar-refractivity contribution in [3.05, 3.63) is 53.2 Å². The molecule has 2 N–H and O–H groups in total. The molecule has 2 aromatic rings. The van der Waals surface area contributed by atoms with Gasteiger partial charge in [0.25, 0.3) is 11.8 Å². The summed E-state index contributed by atoms with van der Waals surface area (Å²) >= 11 is 0. The zero-order chi connectivity index (χ0) is 21.0. The van der Waals surface area contributed by atoms with Crippen molar-refractivity contribution in [3.63, 3.8) is 0 Å². The van der Waals surface area contributed by atoms with E-state index in [1.807, 2.05) is 6.92 Å². The Hall–Kier alpha value is -3.16. The van der Waals surface area contributed by atoms with Crippen LogP contribution < -0.4 is 10.6 Å². The maximum absolute atomic E-state index is 12.4. The SMILES string of the molecule is CCNC(=NCc1ncc(C(C)(C)C)o1)NCCN1C(=O)c2ccccc2C1=O. The van der Waals surface area contributed by atoms with Crippen LogP contribution in [0.3, 0.4) is 0 Å². The van der Waals surface area contributed by atoms with Gasteiger partial charge in [0, 0.05) is 25.0 Å². The molecular weight excluding hydrogens is 370 g/mol. The lowest BCUT2D eigenvalue weighted by Crippen LogP contribution is -2.43. The maximum atomic E-state index is 12.4. The molecule has 0 atom stereocenters. The number of nitrogens with zero attached hydrogens (tertiary/aromatic N) is 3. The predicted molar refractivity (Wildman–Crippen MR) is 110 cm³/mol. The van der Waals surface area contributed by atoms with E-state index in [1.165, 1.54) is 4.90 Å². The van der Waals surface area contributed by atoms with Gasteiger partial charge < -0.3 is 15.1 Å². The second kappa shape index (κ2) is 8.46. The number of hydrogen-bond acceptors (Lipinski definition) is 5. The number of aliphatic imine (C=N–C) groups is 1. The molecule has 0 bridgehead atoms. The molecule has 0 saturated heterocycles. The summed E-state index contributed by atoms with van der Waals surface area (Å²) in [6, 6.07) is 6.87. The number of rotatable bonds is 6. The summed E-state index contributed by atoms with van der Waals surface area (Å²) in [4.78, 5) is 34.8. The molecule has 0 fully saturated rings. The average molecular weight is 397 g/mol. The number of amides is 2. The van der Waals surface area contributed by atoms with Crippen molar-refractivity contribution < 1.29 is 14.0 Å². The molecule has 0 saturated carbocycles. The molecule has 1 aliphatic rings. The fourth-order valence-corrected chi connectivity index (χ4v) is 2.95. The minimum atomic E-state index is -0.260. The standard InChI is InChI=1S/C21H27N5O3/c1-5-22-20(25-13-17-24-12-16(29-17)21(2,3)4)23-10-11-26-18(27)14-8-6-7-9-15(14)19(26)28/h6-9,12H,5,10-11,13H2,1-4H3,(H2,22,23,25). The Labute approximate surface area is 170 Å². The van der Waals surface area contributed by atoms with Gasteiger partial charge in [-0.25, -0.2) is 9.98 Å². The number of guanidine groups is 1. The van der Waals surface area contributed by atoms with E-state index in [0.29, 0.717) is 42.6 Å². The zero-order valence-electron chi connectivity index (χ0n) is 17.3. The summed E-state index contributed by atoms with van der Waals surface area (Å²) in [5.41, 5.74) is 0.803. The van der Waals surface area contributed by atoms with Gasteiger partial charge in [-0.2, -0.15) is 0 Å². The molecule has 2 heterocycles. The van der Waals surface area contributed by atoms with Gasteiger partial charge in [0.1, 0.15) is 12.3 Å². The second-order valence-electron chi connectivity index (χ2n) is 7.80. The van der Waals surface area contributed by atoms with Crippen molar-refractivity contribution in [2.45, 2.75) is 39.7 Å². The van der Waals surface area contributed by atoms with Gasteiger partial charge in [-0.3, -0.25) is 14.5 Å². The van der Waals surface area contributed by atoms with E-state index in [4.69, 9.17) is 4.42 Å². The number of oxazole rings is 1. The fraction of sp³-hybridized carbons (Fsp3) is 0.429. The Bertz CT molecular complexity index is 891. The van der Waals surface area contributed by atoms with Crippen LogP contribution in [-0.2, 0) is 12.0 Å². The van der Waals surface area contributed by atoms with E-state index in [0.717, 1.165) is 5.76 Å². The molecule has 1 aromatic carbocycles. The zero-order valence-corrected chi connectivity index (χ0v) is 17.3. The first-order chi connectivity index (χ1) is 13.8. The molecule has 8 heteroatoms. The Morgan fingerprint density at radius 1 is 1.14 bits per heavy atom. The van der Waals surface area contributed by atoms with Crippen LogP contribution in [-0.4, -0.2) is 47.3 Å². The summed E-state index contributed by atoms with van der Waals surface area (Å²) < 4.78 is 5.76. The topological polar surface area (TPSA) is 99.8 Å². The van der Waals surface area contributed by atoms with E-state index in [9.17, 15) is 9.59 Å². The molecule has 29 heavy (non-hydrogen) atoms. The van der Waals surface area contributed by atoms with Gasteiger partial charge in [0.15, 0.2) is 5.96 Å². The first kappa shape index (κ1) is 20.6. The quantitative estimate of drug-likeness (QED) is 0.441. The largest absolute Gasteiger partial charge is 0.443 e. The van der Waals surface area contributed by atoms with Crippen LogP contribution in [0.1, 0.15) is 60.1 Å². The van der Waals surface area contributed by atoms with Gasteiger partial charge in [-0.15, -0.1) is 0 Å². The number of benzene rings is 1. The first-order valence-electron chi connectivity index (χ1n) is 9.74. The van der Waals surface area contributed by atoms with E-state index in [2.05, 4.69) is 41.4 Å². The van der Waals surface area contributed by atoms with Crippen LogP contribution in [0.25, 0.3) is 0 Å². The van der Waals surface area contributed by atoms with E-state index in [-0.39, 0.29) is 23.8 Å². The highest BCUT2D eigenvalue weighted by molar-refractivity contribution is 6.21. The van der Waals surface area contributed by atoms with Gasteiger partial charge in [-0.05, 0) is 19.1 Å². The molecule has 154 valence electrons. The Morgan fingerprint density at radius 3 is 2.34 bits per heavy atom. The summed E-state index contributed by atoms with van der Waals surface area (Å²) in [6.45, 7) is 9.75. The molecule has 0 unspecified atom stereocenters. The van der Waals surface area contributed by atoms with Crippen LogP contribution in [0.5, 0.6) is 0 Å². The van der Waals surface area contributed by atoms with E-state index in [1.54, 1.807) is 30.5 Å². The lowest BCUT2D eigenvalue weighted by atomic mass is 9.94. The highest BCUT2D eigenvalue weighted by atomic mass is 16.4. The Balaban J connectivity index is 1.57. The minimum absolute atomic E-state index is 0.107. The van der Waals surface area contributed by atoms with E-state index >= 15 is 0 Å². The molecule has 1 aromatic heterocycles. The van der Waals surface area contributed by atoms with Crippen LogP contribution in [0.2, 0.25) is 0 Å².